The number of nitrogens with one attached hydrogen (secondary N) is 1. The highest BCUT2D eigenvalue weighted by Crippen LogP contribution is 2.18. The molecule has 0 aliphatic carbocycles. The fourth-order valence-corrected chi connectivity index (χ4v) is 2.74. The summed E-state index contributed by atoms with van der Waals surface area (Å²) in [6, 6.07) is 3.97. The fraction of sp³-hybridized carbons (Fsp3) is 0.562. The number of phenols is 1. The molecule has 1 aliphatic heterocycles. The van der Waals surface area contributed by atoms with Crippen LogP contribution in [-0.4, -0.2) is 41.6 Å². The third-order valence-corrected chi connectivity index (χ3v) is 3.82. The Morgan fingerprint density at radius 2 is 2.29 bits per heavy atom. The first-order valence-corrected chi connectivity index (χ1v) is 7.63. The summed E-state index contributed by atoms with van der Waals surface area (Å²) in [5.74, 6) is -1.14. The lowest BCUT2D eigenvalue weighted by Gasteiger charge is -2.30. The Balaban J connectivity index is 2.10. The van der Waals surface area contributed by atoms with E-state index in [1.165, 1.54) is 25.0 Å². The molecule has 1 unspecified atom stereocenters. The van der Waals surface area contributed by atoms with Gasteiger partial charge in [0, 0.05) is 25.2 Å². The Kier molecular flexibility index (Phi) is 5.56. The molecule has 4 nitrogen and oxygen atoms in total. The largest absolute Gasteiger partial charge is 0.508 e. The van der Waals surface area contributed by atoms with Crippen LogP contribution in [0.15, 0.2) is 18.2 Å². The average molecular weight is 294 g/mol. The number of carbonyl (C=O) groups excluding carboxylic acids is 1. The van der Waals surface area contributed by atoms with E-state index in [0.29, 0.717) is 13.1 Å². The molecule has 0 bridgehead atoms. The van der Waals surface area contributed by atoms with Crippen molar-refractivity contribution in [1.29, 1.82) is 0 Å². The van der Waals surface area contributed by atoms with Crippen molar-refractivity contribution in [2.75, 3.05) is 19.6 Å². The Morgan fingerprint density at radius 3 is 2.90 bits per heavy atom. The molecule has 0 spiro atoms. The monoisotopic (exact) mass is 294 g/mol. The molecule has 1 heterocycles. The summed E-state index contributed by atoms with van der Waals surface area (Å²) in [6.45, 7) is 4.19. The van der Waals surface area contributed by atoms with Gasteiger partial charge in [0.15, 0.2) is 0 Å². The van der Waals surface area contributed by atoms with Gasteiger partial charge in [-0.3, -0.25) is 4.79 Å². The molecule has 1 fully saturated rings. The van der Waals surface area contributed by atoms with Crippen LogP contribution in [0.3, 0.4) is 0 Å². The van der Waals surface area contributed by atoms with Crippen molar-refractivity contribution >= 4 is 5.91 Å². The molecule has 21 heavy (non-hydrogen) atoms. The number of amides is 1. The van der Waals surface area contributed by atoms with E-state index >= 15 is 0 Å². The molecule has 1 aromatic rings. The number of rotatable bonds is 5. The maximum atomic E-state index is 13.9. The highest BCUT2D eigenvalue weighted by Gasteiger charge is 2.23. The first-order valence-electron chi connectivity index (χ1n) is 7.63. The molecule has 0 saturated carbocycles. The average Bonchev–Trinajstić information content (AvgIpc) is 2.47. The Labute approximate surface area is 125 Å². The van der Waals surface area contributed by atoms with Gasteiger partial charge in [-0.05, 0) is 37.9 Å². The molecular weight excluding hydrogens is 271 g/mol. The maximum Gasteiger partial charge on any atom is 0.256 e. The van der Waals surface area contributed by atoms with E-state index in [9.17, 15) is 14.3 Å². The summed E-state index contributed by atoms with van der Waals surface area (Å²) in [5.41, 5.74) is 0.0251. The zero-order valence-corrected chi connectivity index (χ0v) is 12.4. The van der Waals surface area contributed by atoms with E-state index in [0.717, 1.165) is 25.5 Å². The van der Waals surface area contributed by atoms with Gasteiger partial charge in [0.05, 0.1) is 5.56 Å². The predicted octanol–water partition coefficient (Wildman–Crippen LogP) is 2.53. The zero-order chi connectivity index (χ0) is 15.2. The van der Waals surface area contributed by atoms with Gasteiger partial charge in [0.2, 0.25) is 0 Å². The van der Waals surface area contributed by atoms with Gasteiger partial charge in [-0.2, -0.15) is 0 Å². The summed E-state index contributed by atoms with van der Waals surface area (Å²) in [6.07, 6.45) is 4.22. The molecule has 1 amide bonds. The smallest absolute Gasteiger partial charge is 0.256 e. The van der Waals surface area contributed by atoms with Gasteiger partial charge in [0.1, 0.15) is 11.6 Å². The normalized spacial score (nSPS) is 18.5. The summed E-state index contributed by atoms with van der Waals surface area (Å²) in [7, 11) is 0. The van der Waals surface area contributed by atoms with Crippen molar-refractivity contribution < 1.29 is 14.3 Å². The minimum atomic E-state index is -0.669. The van der Waals surface area contributed by atoms with Crippen molar-refractivity contribution in [2.24, 2.45) is 0 Å². The summed E-state index contributed by atoms with van der Waals surface area (Å²) < 4.78 is 13.9. The zero-order valence-electron chi connectivity index (χ0n) is 12.4. The number of hydrogen-bond donors (Lipinski definition) is 2. The Hall–Kier alpha value is -1.62. The van der Waals surface area contributed by atoms with Crippen LogP contribution in [0.25, 0.3) is 0 Å². The van der Waals surface area contributed by atoms with Crippen LogP contribution in [0, 0.1) is 5.82 Å². The Bertz CT molecular complexity index is 487. The van der Waals surface area contributed by atoms with E-state index < -0.39 is 5.82 Å². The van der Waals surface area contributed by atoms with E-state index in [2.05, 4.69) is 5.32 Å². The number of nitrogens with zero attached hydrogens (tertiary/aromatic N) is 1. The molecule has 0 aromatic heterocycles. The first-order chi connectivity index (χ1) is 10.1. The predicted molar refractivity (Wildman–Crippen MR) is 79.9 cm³/mol. The second-order valence-corrected chi connectivity index (χ2v) is 5.56. The number of aromatic hydroxyl groups is 1. The highest BCUT2D eigenvalue weighted by atomic mass is 19.1. The lowest BCUT2D eigenvalue weighted by molar-refractivity contribution is 0.0727. The summed E-state index contributed by atoms with van der Waals surface area (Å²) in [4.78, 5) is 14.2. The van der Waals surface area contributed by atoms with Crippen molar-refractivity contribution in [3.05, 3.63) is 29.6 Å². The van der Waals surface area contributed by atoms with Crippen LogP contribution in [-0.2, 0) is 0 Å². The van der Waals surface area contributed by atoms with E-state index in [4.69, 9.17) is 0 Å². The summed E-state index contributed by atoms with van der Waals surface area (Å²) in [5, 5.41) is 12.7. The lowest BCUT2D eigenvalue weighted by Crippen LogP contribution is -2.46. The van der Waals surface area contributed by atoms with Crippen LogP contribution in [0.5, 0.6) is 5.75 Å². The number of carbonyl (C=O) groups is 1. The van der Waals surface area contributed by atoms with Gasteiger partial charge in [-0.1, -0.05) is 13.3 Å². The number of hydrogen-bond acceptors (Lipinski definition) is 3. The number of benzene rings is 1. The molecule has 1 saturated heterocycles. The van der Waals surface area contributed by atoms with E-state index in [1.54, 1.807) is 4.90 Å². The molecule has 0 radical (unpaired) electrons. The molecule has 116 valence electrons. The van der Waals surface area contributed by atoms with Gasteiger partial charge in [-0.15, -0.1) is 0 Å². The van der Waals surface area contributed by atoms with E-state index in [1.807, 2.05) is 6.92 Å². The third kappa shape index (κ3) is 4.17. The quantitative estimate of drug-likeness (QED) is 0.877. The number of phenolic OH excluding ortho intramolecular Hbond substituents is 1. The summed E-state index contributed by atoms with van der Waals surface area (Å²) >= 11 is 0. The molecule has 2 N–H and O–H groups in total. The van der Waals surface area contributed by atoms with E-state index in [-0.39, 0.29) is 23.3 Å². The standard InChI is InChI=1S/C16H23FN2O2/c1-2-9-19(11-12-5-3-4-8-18-12)16(21)14-7-6-13(20)10-15(14)17/h6-7,10,12,18,20H,2-5,8-9,11H2,1H3. The Morgan fingerprint density at radius 1 is 1.48 bits per heavy atom. The SMILES string of the molecule is CCCN(CC1CCCCN1)C(=O)c1ccc(O)cc1F. The number of piperidine rings is 1. The molecule has 1 aromatic carbocycles. The minimum Gasteiger partial charge on any atom is -0.508 e. The van der Waals surface area contributed by atoms with Crippen molar-refractivity contribution in [1.82, 2.24) is 10.2 Å². The molecule has 5 heteroatoms. The second-order valence-electron chi connectivity index (χ2n) is 5.56. The highest BCUT2D eigenvalue weighted by molar-refractivity contribution is 5.94. The van der Waals surface area contributed by atoms with Crippen molar-refractivity contribution in [3.8, 4) is 5.75 Å². The minimum absolute atomic E-state index is 0.0251. The van der Waals surface area contributed by atoms with Crippen molar-refractivity contribution in [2.45, 2.75) is 38.6 Å². The first kappa shape index (κ1) is 15.8. The van der Waals surface area contributed by atoms with Gasteiger partial charge >= 0.3 is 0 Å². The molecule has 1 atom stereocenters. The van der Waals surface area contributed by atoms with Crippen LogP contribution >= 0.6 is 0 Å². The maximum absolute atomic E-state index is 13.9. The van der Waals surface area contributed by atoms with Crippen LogP contribution in [0.2, 0.25) is 0 Å². The number of halogens is 1. The third-order valence-electron chi connectivity index (χ3n) is 3.82. The fourth-order valence-electron chi connectivity index (χ4n) is 2.74. The second kappa shape index (κ2) is 7.41. The van der Waals surface area contributed by atoms with Crippen LogP contribution < -0.4 is 5.32 Å². The van der Waals surface area contributed by atoms with Crippen LogP contribution in [0.1, 0.15) is 43.0 Å². The van der Waals surface area contributed by atoms with Gasteiger partial charge < -0.3 is 15.3 Å². The molecule has 2 rings (SSSR count). The topological polar surface area (TPSA) is 52.6 Å². The lowest BCUT2D eigenvalue weighted by atomic mass is 10.0. The van der Waals surface area contributed by atoms with Gasteiger partial charge in [-0.25, -0.2) is 4.39 Å². The molecule has 1 aliphatic rings. The van der Waals surface area contributed by atoms with Crippen LogP contribution in [0.4, 0.5) is 4.39 Å². The van der Waals surface area contributed by atoms with Gasteiger partial charge in [0.25, 0.3) is 5.91 Å². The molecular formula is C16H23FN2O2. The van der Waals surface area contributed by atoms with Crippen molar-refractivity contribution in [3.63, 3.8) is 0 Å².